The smallest absolute Gasteiger partial charge is 0.186 e. The van der Waals surface area contributed by atoms with Crippen LogP contribution in [0.1, 0.15) is 51.9 Å². The summed E-state index contributed by atoms with van der Waals surface area (Å²) in [4.78, 5) is 0. The second-order valence-electron chi connectivity index (χ2n) is 5.24. The van der Waals surface area contributed by atoms with Gasteiger partial charge in [0, 0.05) is 6.61 Å². The van der Waals surface area contributed by atoms with Gasteiger partial charge in [0.2, 0.25) is 0 Å². The molecule has 1 heterocycles. The zero-order valence-corrected chi connectivity index (χ0v) is 11.8. The SMILES string of the molecule is CCCCCCCCCOC1OC[C@@H](O)[C@H](O)[C@H]1O. The number of hydrogen-bond acceptors (Lipinski definition) is 5. The highest BCUT2D eigenvalue weighted by molar-refractivity contribution is 4.82. The maximum Gasteiger partial charge on any atom is 0.186 e. The minimum absolute atomic E-state index is 0.0000882. The lowest BCUT2D eigenvalue weighted by atomic mass is 10.1. The largest absolute Gasteiger partial charge is 0.388 e. The van der Waals surface area contributed by atoms with Crippen LogP contribution in [0.15, 0.2) is 0 Å². The van der Waals surface area contributed by atoms with E-state index in [-0.39, 0.29) is 6.61 Å². The van der Waals surface area contributed by atoms with Crippen LogP contribution in [0, 0.1) is 0 Å². The number of aliphatic hydroxyl groups is 3. The molecule has 0 spiro atoms. The number of unbranched alkanes of at least 4 members (excludes halogenated alkanes) is 6. The van der Waals surface area contributed by atoms with E-state index in [2.05, 4.69) is 6.92 Å². The third-order valence-electron chi connectivity index (χ3n) is 3.48. The van der Waals surface area contributed by atoms with Gasteiger partial charge in [0.25, 0.3) is 0 Å². The Morgan fingerprint density at radius 3 is 2.26 bits per heavy atom. The van der Waals surface area contributed by atoms with E-state index in [1.165, 1.54) is 32.1 Å². The quantitative estimate of drug-likeness (QED) is 0.551. The molecule has 0 aliphatic carbocycles. The van der Waals surface area contributed by atoms with Crippen molar-refractivity contribution in [2.75, 3.05) is 13.2 Å². The Bertz CT molecular complexity index is 224. The summed E-state index contributed by atoms with van der Waals surface area (Å²) in [5.74, 6) is 0. The van der Waals surface area contributed by atoms with Gasteiger partial charge in [-0.15, -0.1) is 0 Å². The minimum atomic E-state index is -1.19. The maximum absolute atomic E-state index is 9.65. The normalized spacial score (nSPS) is 31.6. The highest BCUT2D eigenvalue weighted by Gasteiger charge is 2.37. The summed E-state index contributed by atoms with van der Waals surface area (Å²) in [6.07, 6.45) is 4.15. The lowest BCUT2D eigenvalue weighted by Crippen LogP contribution is -2.53. The summed E-state index contributed by atoms with van der Waals surface area (Å²) in [5.41, 5.74) is 0. The molecule has 3 N–H and O–H groups in total. The van der Waals surface area contributed by atoms with Crippen LogP contribution in [0.2, 0.25) is 0 Å². The van der Waals surface area contributed by atoms with Crippen molar-refractivity contribution in [1.82, 2.24) is 0 Å². The van der Waals surface area contributed by atoms with Crippen LogP contribution in [-0.4, -0.2) is 53.1 Å². The average Bonchev–Trinajstić information content (AvgIpc) is 2.41. The molecule has 1 aliphatic heterocycles. The number of rotatable bonds is 9. The van der Waals surface area contributed by atoms with Gasteiger partial charge in [-0.05, 0) is 6.42 Å². The fourth-order valence-corrected chi connectivity index (χ4v) is 2.18. The van der Waals surface area contributed by atoms with Gasteiger partial charge in [-0.3, -0.25) is 0 Å². The van der Waals surface area contributed by atoms with E-state index < -0.39 is 24.6 Å². The third-order valence-corrected chi connectivity index (χ3v) is 3.48. The van der Waals surface area contributed by atoms with Gasteiger partial charge in [0.15, 0.2) is 6.29 Å². The lowest BCUT2D eigenvalue weighted by molar-refractivity contribution is -0.270. The van der Waals surface area contributed by atoms with Crippen LogP contribution in [0.25, 0.3) is 0 Å². The summed E-state index contributed by atoms with van der Waals surface area (Å²) in [6, 6.07) is 0. The van der Waals surface area contributed by atoms with E-state index in [9.17, 15) is 15.3 Å². The molecule has 5 nitrogen and oxygen atoms in total. The van der Waals surface area contributed by atoms with E-state index in [0.29, 0.717) is 6.61 Å². The van der Waals surface area contributed by atoms with Crippen LogP contribution in [0.3, 0.4) is 0 Å². The van der Waals surface area contributed by atoms with E-state index in [4.69, 9.17) is 9.47 Å². The van der Waals surface area contributed by atoms with Crippen molar-refractivity contribution in [2.24, 2.45) is 0 Å². The van der Waals surface area contributed by atoms with Crippen molar-refractivity contribution in [2.45, 2.75) is 76.5 Å². The second-order valence-corrected chi connectivity index (χ2v) is 5.24. The predicted molar refractivity (Wildman–Crippen MR) is 71.7 cm³/mol. The van der Waals surface area contributed by atoms with Crippen LogP contribution in [0.5, 0.6) is 0 Å². The molecule has 0 bridgehead atoms. The van der Waals surface area contributed by atoms with Gasteiger partial charge < -0.3 is 24.8 Å². The lowest BCUT2D eigenvalue weighted by Gasteiger charge is -2.34. The van der Waals surface area contributed by atoms with Gasteiger partial charge in [-0.2, -0.15) is 0 Å². The molecule has 1 unspecified atom stereocenters. The number of aliphatic hydroxyl groups excluding tert-OH is 3. The molecule has 0 amide bonds. The molecule has 4 atom stereocenters. The summed E-state index contributed by atoms with van der Waals surface area (Å²) < 4.78 is 10.5. The third kappa shape index (κ3) is 6.19. The molecule has 0 aromatic rings. The highest BCUT2D eigenvalue weighted by Crippen LogP contribution is 2.17. The summed E-state index contributed by atoms with van der Waals surface area (Å²) in [5, 5.41) is 28.4. The molecule has 0 saturated carbocycles. The Morgan fingerprint density at radius 1 is 0.947 bits per heavy atom. The Morgan fingerprint density at radius 2 is 1.58 bits per heavy atom. The Balaban J connectivity index is 2.00. The van der Waals surface area contributed by atoms with Gasteiger partial charge in [0.05, 0.1) is 6.61 Å². The highest BCUT2D eigenvalue weighted by atomic mass is 16.7. The zero-order valence-electron chi connectivity index (χ0n) is 11.8. The maximum atomic E-state index is 9.65. The van der Waals surface area contributed by atoms with Crippen LogP contribution in [-0.2, 0) is 9.47 Å². The molecule has 19 heavy (non-hydrogen) atoms. The molecule has 0 aromatic carbocycles. The molecule has 0 radical (unpaired) electrons. The van der Waals surface area contributed by atoms with Gasteiger partial charge in [-0.1, -0.05) is 45.4 Å². The van der Waals surface area contributed by atoms with Gasteiger partial charge >= 0.3 is 0 Å². The van der Waals surface area contributed by atoms with Gasteiger partial charge in [0.1, 0.15) is 18.3 Å². The summed E-state index contributed by atoms with van der Waals surface area (Å²) in [6.45, 7) is 2.72. The first-order chi connectivity index (χ1) is 9.16. The molecule has 5 heteroatoms. The van der Waals surface area contributed by atoms with Crippen LogP contribution >= 0.6 is 0 Å². The van der Waals surface area contributed by atoms with Crippen LogP contribution in [0.4, 0.5) is 0 Å². The average molecular weight is 276 g/mol. The molecule has 0 aromatic heterocycles. The molecular weight excluding hydrogens is 248 g/mol. The van der Waals surface area contributed by atoms with Gasteiger partial charge in [-0.25, -0.2) is 0 Å². The Hall–Kier alpha value is -0.200. The first kappa shape index (κ1) is 16.9. The Kier molecular flexibility index (Phi) is 8.57. The minimum Gasteiger partial charge on any atom is -0.388 e. The van der Waals surface area contributed by atoms with Crippen molar-refractivity contribution in [3.05, 3.63) is 0 Å². The molecule has 1 saturated heterocycles. The molecule has 1 aliphatic rings. The first-order valence-electron chi connectivity index (χ1n) is 7.44. The molecular formula is C14H28O5. The van der Waals surface area contributed by atoms with Crippen molar-refractivity contribution < 1.29 is 24.8 Å². The monoisotopic (exact) mass is 276 g/mol. The number of hydrogen-bond donors (Lipinski definition) is 3. The second kappa shape index (κ2) is 9.66. The summed E-state index contributed by atoms with van der Waals surface area (Å²) >= 11 is 0. The fourth-order valence-electron chi connectivity index (χ4n) is 2.18. The van der Waals surface area contributed by atoms with E-state index in [0.717, 1.165) is 12.8 Å². The molecule has 1 fully saturated rings. The fraction of sp³-hybridized carbons (Fsp3) is 1.00. The summed E-state index contributed by atoms with van der Waals surface area (Å²) in [7, 11) is 0. The van der Waals surface area contributed by atoms with E-state index in [1.807, 2.05) is 0 Å². The standard InChI is InChI=1S/C14H28O5/c1-2-3-4-5-6-7-8-9-18-14-13(17)12(16)11(15)10-19-14/h11-17H,2-10H2,1H3/t11-,12+,13-,14?/m1/s1. The predicted octanol–water partition coefficient (Wildman–Crippen LogP) is 1.19. The van der Waals surface area contributed by atoms with E-state index in [1.54, 1.807) is 0 Å². The van der Waals surface area contributed by atoms with Crippen molar-refractivity contribution in [3.63, 3.8) is 0 Å². The first-order valence-corrected chi connectivity index (χ1v) is 7.44. The zero-order chi connectivity index (χ0) is 14.1. The van der Waals surface area contributed by atoms with E-state index >= 15 is 0 Å². The van der Waals surface area contributed by atoms with Crippen molar-refractivity contribution >= 4 is 0 Å². The topological polar surface area (TPSA) is 79.2 Å². The Labute approximate surface area is 115 Å². The van der Waals surface area contributed by atoms with Crippen molar-refractivity contribution in [1.29, 1.82) is 0 Å². The molecule has 114 valence electrons. The van der Waals surface area contributed by atoms with Crippen LogP contribution < -0.4 is 0 Å². The molecule has 1 rings (SSSR count). The van der Waals surface area contributed by atoms with Crippen molar-refractivity contribution in [3.8, 4) is 0 Å². The number of ether oxygens (including phenoxy) is 2.